The predicted molar refractivity (Wildman–Crippen MR) is 69.6 cm³/mol. The second-order valence-corrected chi connectivity index (χ2v) is 8.06. The van der Waals surface area contributed by atoms with Crippen LogP contribution in [0, 0.1) is 23.7 Å². The molecule has 5 heteroatoms. The highest BCUT2D eigenvalue weighted by atomic mass is 32.2. The molecule has 3 aliphatic carbocycles. The Morgan fingerprint density at radius 3 is 2.72 bits per heavy atom. The first-order chi connectivity index (χ1) is 8.54. The largest absolute Gasteiger partial charge is 0.377 e. The van der Waals surface area contributed by atoms with Crippen molar-refractivity contribution in [2.24, 2.45) is 23.7 Å². The van der Waals surface area contributed by atoms with Crippen LogP contribution in [0.4, 0.5) is 0 Å². The predicted octanol–water partition coefficient (Wildman–Crippen LogP) is 1.38. The number of nitrogens with one attached hydrogen (secondary N) is 1. The minimum absolute atomic E-state index is 0.395. The van der Waals surface area contributed by atoms with Crippen molar-refractivity contribution >= 4 is 10.0 Å². The molecule has 3 aliphatic rings. The van der Waals surface area contributed by atoms with Crippen LogP contribution in [0.2, 0.25) is 0 Å². The Kier molecular flexibility index (Phi) is 3.41. The van der Waals surface area contributed by atoms with Gasteiger partial charge in [0.15, 0.2) is 0 Å². The van der Waals surface area contributed by atoms with E-state index in [4.69, 9.17) is 4.74 Å². The first-order valence-electron chi connectivity index (χ1n) is 7.11. The van der Waals surface area contributed by atoms with Gasteiger partial charge in [-0.3, -0.25) is 0 Å². The number of ether oxygens (including phenoxy) is 1. The zero-order chi connectivity index (χ0) is 12.8. The van der Waals surface area contributed by atoms with Gasteiger partial charge in [0, 0.05) is 6.54 Å². The zero-order valence-corrected chi connectivity index (χ0v) is 11.8. The SMILES string of the molecule is CS(=O)(=O)NCCOC1CCC2C3CCC(C3)C12. The van der Waals surface area contributed by atoms with E-state index in [-0.39, 0.29) is 0 Å². The summed E-state index contributed by atoms with van der Waals surface area (Å²) in [6, 6.07) is 0. The number of fused-ring (bicyclic) bond motifs is 5. The lowest BCUT2D eigenvalue weighted by molar-refractivity contribution is 0.00775. The average molecular weight is 273 g/mol. The number of sulfonamides is 1. The van der Waals surface area contributed by atoms with E-state index in [2.05, 4.69) is 4.72 Å². The standard InChI is InChI=1S/C13H23NO3S/c1-18(15,16)14-6-7-17-12-5-4-11-9-2-3-10(8-9)13(11)12/h9-14H,2-8H2,1H3. The third-order valence-corrected chi connectivity index (χ3v) is 5.90. The van der Waals surface area contributed by atoms with Crippen molar-refractivity contribution in [1.29, 1.82) is 0 Å². The van der Waals surface area contributed by atoms with E-state index < -0.39 is 10.0 Å². The maximum absolute atomic E-state index is 10.9. The Labute approximate surface area is 110 Å². The summed E-state index contributed by atoms with van der Waals surface area (Å²) < 4.78 is 30.3. The molecule has 0 spiro atoms. The van der Waals surface area contributed by atoms with Gasteiger partial charge in [0.25, 0.3) is 0 Å². The van der Waals surface area contributed by atoms with Crippen LogP contribution in [0.1, 0.15) is 32.1 Å². The van der Waals surface area contributed by atoms with Gasteiger partial charge in [-0.05, 0) is 55.8 Å². The molecule has 0 amide bonds. The van der Waals surface area contributed by atoms with Gasteiger partial charge in [0.1, 0.15) is 0 Å². The van der Waals surface area contributed by atoms with E-state index in [0.717, 1.165) is 23.7 Å². The molecule has 5 unspecified atom stereocenters. The normalized spacial score (nSPS) is 42.4. The smallest absolute Gasteiger partial charge is 0.208 e. The summed E-state index contributed by atoms with van der Waals surface area (Å²) in [6.07, 6.45) is 8.36. The molecule has 0 saturated heterocycles. The number of rotatable bonds is 5. The summed E-state index contributed by atoms with van der Waals surface area (Å²) in [5, 5.41) is 0. The highest BCUT2D eigenvalue weighted by molar-refractivity contribution is 7.88. The molecule has 3 saturated carbocycles. The highest BCUT2D eigenvalue weighted by Gasteiger charge is 2.53. The molecule has 0 aliphatic heterocycles. The van der Waals surface area contributed by atoms with E-state index in [9.17, 15) is 8.42 Å². The van der Waals surface area contributed by atoms with Crippen LogP contribution in [-0.4, -0.2) is 33.9 Å². The van der Waals surface area contributed by atoms with Crippen LogP contribution in [0.15, 0.2) is 0 Å². The second kappa shape index (κ2) is 4.76. The lowest BCUT2D eigenvalue weighted by atomic mass is 9.81. The minimum atomic E-state index is -3.08. The van der Waals surface area contributed by atoms with Crippen LogP contribution < -0.4 is 4.72 Å². The molecular formula is C13H23NO3S. The third kappa shape index (κ3) is 2.45. The van der Waals surface area contributed by atoms with Crippen molar-refractivity contribution in [3.8, 4) is 0 Å². The lowest BCUT2D eigenvalue weighted by Gasteiger charge is -2.28. The molecule has 2 bridgehead atoms. The molecule has 0 radical (unpaired) electrons. The van der Waals surface area contributed by atoms with Crippen molar-refractivity contribution in [2.45, 2.75) is 38.2 Å². The van der Waals surface area contributed by atoms with Crippen molar-refractivity contribution in [3.63, 3.8) is 0 Å². The summed E-state index contributed by atoms with van der Waals surface area (Å²) in [7, 11) is -3.08. The van der Waals surface area contributed by atoms with Crippen LogP contribution in [0.25, 0.3) is 0 Å². The van der Waals surface area contributed by atoms with Gasteiger partial charge in [0.05, 0.1) is 19.0 Å². The Bertz CT molecular complexity index is 408. The third-order valence-electron chi connectivity index (χ3n) is 5.17. The maximum atomic E-state index is 10.9. The van der Waals surface area contributed by atoms with Crippen molar-refractivity contribution in [2.75, 3.05) is 19.4 Å². The fourth-order valence-corrected chi connectivity index (χ4v) is 5.10. The molecule has 3 fully saturated rings. The van der Waals surface area contributed by atoms with E-state index in [1.165, 1.54) is 38.4 Å². The topological polar surface area (TPSA) is 55.4 Å². The van der Waals surface area contributed by atoms with Gasteiger partial charge in [-0.15, -0.1) is 0 Å². The minimum Gasteiger partial charge on any atom is -0.377 e. The number of hydrogen-bond acceptors (Lipinski definition) is 3. The second-order valence-electron chi connectivity index (χ2n) is 6.23. The molecule has 104 valence electrons. The van der Waals surface area contributed by atoms with Gasteiger partial charge in [-0.2, -0.15) is 0 Å². The fourth-order valence-electron chi connectivity index (χ4n) is 4.64. The molecular weight excluding hydrogens is 250 g/mol. The summed E-state index contributed by atoms with van der Waals surface area (Å²) in [5.41, 5.74) is 0. The molecule has 0 heterocycles. The molecule has 0 aromatic carbocycles. The maximum Gasteiger partial charge on any atom is 0.208 e. The summed E-state index contributed by atoms with van der Waals surface area (Å²) in [4.78, 5) is 0. The van der Waals surface area contributed by atoms with E-state index in [0.29, 0.717) is 19.3 Å². The quantitative estimate of drug-likeness (QED) is 0.770. The summed E-state index contributed by atoms with van der Waals surface area (Å²) in [6.45, 7) is 0.916. The molecule has 18 heavy (non-hydrogen) atoms. The van der Waals surface area contributed by atoms with Gasteiger partial charge < -0.3 is 4.74 Å². The monoisotopic (exact) mass is 273 g/mol. The van der Waals surface area contributed by atoms with Crippen LogP contribution >= 0.6 is 0 Å². The average Bonchev–Trinajstić information content (AvgIpc) is 2.96. The molecule has 5 atom stereocenters. The van der Waals surface area contributed by atoms with Crippen LogP contribution in [0.5, 0.6) is 0 Å². The molecule has 0 aromatic heterocycles. The number of hydrogen-bond donors (Lipinski definition) is 1. The molecule has 3 rings (SSSR count). The Hall–Kier alpha value is -0.130. The van der Waals surface area contributed by atoms with Crippen LogP contribution in [-0.2, 0) is 14.8 Å². The van der Waals surface area contributed by atoms with Gasteiger partial charge in [-0.1, -0.05) is 0 Å². The zero-order valence-electron chi connectivity index (χ0n) is 11.0. The van der Waals surface area contributed by atoms with E-state index in [1.807, 2.05) is 0 Å². The Morgan fingerprint density at radius 2 is 1.94 bits per heavy atom. The van der Waals surface area contributed by atoms with Crippen molar-refractivity contribution < 1.29 is 13.2 Å². The van der Waals surface area contributed by atoms with Gasteiger partial charge in [-0.25, -0.2) is 13.1 Å². The Morgan fingerprint density at radius 1 is 1.17 bits per heavy atom. The van der Waals surface area contributed by atoms with Gasteiger partial charge >= 0.3 is 0 Å². The van der Waals surface area contributed by atoms with Crippen LogP contribution in [0.3, 0.4) is 0 Å². The van der Waals surface area contributed by atoms with Crippen molar-refractivity contribution in [1.82, 2.24) is 4.72 Å². The molecule has 4 nitrogen and oxygen atoms in total. The van der Waals surface area contributed by atoms with E-state index in [1.54, 1.807) is 0 Å². The molecule has 0 aromatic rings. The molecule has 1 N–H and O–H groups in total. The highest BCUT2D eigenvalue weighted by Crippen LogP contribution is 2.59. The fraction of sp³-hybridized carbons (Fsp3) is 1.00. The van der Waals surface area contributed by atoms with Crippen molar-refractivity contribution in [3.05, 3.63) is 0 Å². The van der Waals surface area contributed by atoms with Gasteiger partial charge in [0.2, 0.25) is 10.0 Å². The van der Waals surface area contributed by atoms with E-state index >= 15 is 0 Å². The lowest BCUT2D eigenvalue weighted by Crippen LogP contribution is -2.31. The summed E-state index contributed by atoms with van der Waals surface area (Å²) >= 11 is 0. The first-order valence-corrected chi connectivity index (χ1v) is 9.00. The summed E-state index contributed by atoms with van der Waals surface area (Å²) in [5.74, 6) is 3.57. The Balaban J connectivity index is 1.47. The first kappa shape index (κ1) is 12.9.